The summed E-state index contributed by atoms with van der Waals surface area (Å²) in [6, 6.07) is 2.76. The summed E-state index contributed by atoms with van der Waals surface area (Å²) in [5, 5.41) is 3.98. The van der Waals surface area contributed by atoms with Crippen molar-refractivity contribution in [3.05, 3.63) is 45.9 Å². The van der Waals surface area contributed by atoms with Crippen LogP contribution in [0.4, 0.5) is 26.3 Å². The van der Waals surface area contributed by atoms with Gasteiger partial charge in [0.25, 0.3) is 0 Å². The quantitative estimate of drug-likeness (QED) is 0.287. The molecule has 1 N–H and O–H groups in total. The van der Waals surface area contributed by atoms with Crippen LogP contribution in [0.25, 0.3) is 5.65 Å². The predicted octanol–water partition coefficient (Wildman–Crippen LogP) is 6.09. The summed E-state index contributed by atoms with van der Waals surface area (Å²) in [5.74, 6) is 0.628. The fourth-order valence-electron chi connectivity index (χ4n) is 6.57. The van der Waals surface area contributed by atoms with E-state index in [0.717, 1.165) is 36.6 Å². The van der Waals surface area contributed by atoms with E-state index in [1.807, 2.05) is 13.8 Å². The number of halogens is 7. The highest BCUT2D eigenvalue weighted by Gasteiger charge is 2.42. The molecule has 2 amide bonds. The molecule has 3 aliphatic rings. The second-order valence-electron chi connectivity index (χ2n) is 12.3. The number of hydrogen-bond acceptors (Lipinski definition) is 6. The van der Waals surface area contributed by atoms with E-state index in [9.17, 15) is 35.9 Å². The Morgan fingerprint density at radius 1 is 0.851 bits per heavy atom. The second-order valence-corrected chi connectivity index (χ2v) is 12.7. The fourth-order valence-corrected chi connectivity index (χ4v) is 6.71. The number of imidazole rings is 2. The summed E-state index contributed by atoms with van der Waals surface area (Å²) >= 11 is 5.80. The van der Waals surface area contributed by atoms with Gasteiger partial charge in [-0.25, -0.2) is 19.2 Å². The van der Waals surface area contributed by atoms with Gasteiger partial charge in [0.1, 0.15) is 11.0 Å². The molecule has 47 heavy (non-hydrogen) atoms. The minimum atomic E-state index is -4.62. The van der Waals surface area contributed by atoms with E-state index in [1.54, 1.807) is 0 Å². The first-order valence-corrected chi connectivity index (χ1v) is 16.2. The third kappa shape index (κ3) is 7.78. The van der Waals surface area contributed by atoms with E-state index >= 15 is 0 Å². The van der Waals surface area contributed by atoms with Crippen LogP contribution in [0, 0.1) is 11.8 Å². The van der Waals surface area contributed by atoms with Crippen molar-refractivity contribution in [2.75, 3.05) is 25.1 Å². The lowest BCUT2D eigenvalue weighted by atomic mass is 10.0. The molecule has 0 saturated carbocycles. The number of nitrogens with one attached hydrogen (secondary N) is 1. The van der Waals surface area contributed by atoms with Gasteiger partial charge in [-0.2, -0.15) is 31.4 Å². The molecule has 2 fully saturated rings. The normalized spacial score (nSPS) is 20.1. The average molecular weight is 691 g/mol. The minimum absolute atomic E-state index is 0.0338. The Balaban J connectivity index is 0.000000185. The van der Waals surface area contributed by atoms with Crippen LogP contribution in [-0.4, -0.2) is 65.5 Å². The molecule has 6 heterocycles. The Bertz CT molecular complexity index is 1600. The predicted molar refractivity (Wildman–Crippen MR) is 160 cm³/mol. The Morgan fingerprint density at radius 3 is 1.96 bits per heavy atom. The number of carbonyl (C=O) groups excluding carboxylic acids is 2. The molecule has 2 saturated heterocycles. The Morgan fingerprint density at radius 2 is 1.40 bits per heavy atom. The molecule has 0 aliphatic carbocycles. The van der Waals surface area contributed by atoms with E-state index in [-0.39, 0.29) is 58.9 Å². The van der Waals surface area contributed by atoms with Gasteiger partial charge in [0.15, 0.2) is 17.0 Å². The van der Waals surface area contributed by atoms with Crippen LogP contribution >= 0.6 is 11.6 Å². The number of fused-ring (bicyclic) bond motifs is 2. The molecule has 0 bridgehead atoms. The zero-order valence-corrected chi connectivity index (χ0v) is 26.9. The smallest absolute Gasteiger partial charge is 0.336 e. The third-order valence-electron chi connectivity index (χ3n) is 8.63. The highest BCUT2D eigenvalue weighted by Crippen LogP contribution is 2.35. The Kier molecular flexibility index (Phi) is 10.3. The van der Waals surface area contributed by atoms with Crippen molar-refractivity contribution >= 4 is 29.1 Å². The van der Waals surface area contributed by atoms with E-state index in [1.165, 1.54) is 26.6 Å². The van der Waals surface area contributed by atoms with Crippen LogP contribution in [0.3, 0.4) is 0 Å². The molecule has 258 valence electrons. The molecule has 10 nitrogen and oxygen atoms in total. The number of nitrogens with zero attached hydrogens (tertiary/aromatic N) is 7. The summed E-state index contributed by atoms with van der Waals surface area (Å²) in [7, 11) is 0. The van der Waals surface area contributed by atoms with Crippen LogP contribution < -0.4 is 5.43 Å². The summed E-state index contributed by atoms with van der Waals surface area (Å²) in [6.45, 7) is 5.45. The maximum absolute atomic E-state index is 13.3. The van der Waals surface area contributed by atoms with Gasteiger partial charge in [-0.1, -0.05) is 38.3 Å². The number of aromatic nitrogens is 5. The molecule has 3 aromatic heterocycles. The van der Waals surface area contributed by atoms with E-state index < -0.39 is 23.7 Å². The number of hydrogen-bond donors (Lipinski definition) is 1. The molecule has 0 aromatic carbocycles. The molecule has 0 spiro atoms. The van der Waals surface area contributed by atoms with Crippen LogP contribution in [0.5, 0.6) is 0 Å². The maximum Gasteiger partial charge on any atom is 0.435 e. The minimum Gasteiger partial charge on any atom is -0.336 e. The molecule has 2 atom stereocenters. The number of amides is 2. The van der Waals surface area contributed by atoms with Crippen LogP contribution in [-0.2, 0) is 41.5 Å². The molecular formula is C30H37ClF6N8O2. The molecule has 3 aromatic rings. The lowest BCUT2D eigenvalue weighted by molar-refractivity contribution is -0.143. The van der Waals surface area contributed by atoms with Gasteiger partial charge < -0.3 is 15.2 Å². The van der Waals surface area contributed by atoms with Crippen molar-refractivity contribution in [1.82, 2.24) is 34.1 Å². The first kappa shape index (κ1) is 34.8. The van der Waals surface area contributed by atoms with Crippen molar-refractivity contribution < 1.29 is 35.9 Å². The number of rotatable bonds is 8. The van der Waals surface area contributed by atoms with Gasteiger partial charge in [-0.3, -0.25) is 9.59 Å². The SMILES string of the molecule is CCCC1CC(=O)N(Cc2c(C(F)(F)F)nc3ccc(Cl)nn23)C1.CCCC1CC(=O)N(Cc2c(C(F)(F)F)nc3n2NCCC3)C1. The average Bonchev–Trinajstić information content (AvgIpc) is 3.74. The largest absolute Gasteiger partial charge is 0.435 e. The first-order valence-electron chi connectivity index (χ1n) is 15.8. The van der Waals surface area contributed by atoms with Gasteiger partial charge in [0, 0.05) is 38.9 Å². The summed E-state index contributed by atoms with van der Waals surface area (Å²) in [6.07, 6.45) is -3.33. The van der Waals surface area contributed by atoms with Gasteiger partial charge in [-0.05, 0) is 43.2 Å². The second kappa shape index (κ2) is 13.9. The van der Waals surface area contributed by atoms with Crippen LogP contribution in [0.15, 0.2) is 12.1 Å². The number of alkyl halides is 6. The lowest BCUT2D eigenvalue weighted by Gasteiger charge is -2.22. The first-order chi connectivity index (χ1) is 22.2. The number of likely N-dealkylation sites (tertiary alicyclic amines) is 2. The van der Waals surface area contributed by atoms with Crippen molar-refractivity contribution in [2.24, 2.45) is 11.8 Å². The third-order valence-corrected chi connectivity index (χ3v) is 8.83. The van der Waals surface area contributed by atoms with E-state index in [4.69, 9.17) is 11.6 Å². The molecule has 17 heteroatoms. The van der Waals surface area contributed by atoms with Crippen molar-refractivity contribution in [3.63, 3.8) is 0 Å². The van der Waals surface area contributed by atoms with Gasteiger partial charge >= 0.3 is 12.4 Å². The summed E-state index contributed by atoms with van der Waals surface area (Å²) in [5.41, 5.74) is 1.02. The highest BCUT2D eigenvalue weighted by molar-refractivity contribution is 6.29. The molecule has 3 aliphatic heterocycles. The van der Waals surface area contributed by atoms with Crippen molar-refractivity contribution in [3.8, 4) is 0 Å². The summed E-state index contributed by atoms with van der Waals surface area (Å²) < 4.78 is 82.3. The van der Waals surface area contributed by atoms with Gasteiger partial charge in [0.05, 0.1) is 24.5 Å². The lowest BCUT2D eigenvalue weighted by Crippen LogP contribution is -2.31. The van der Waals surface area contributed by atoms with Gasteiger partial charge in [0.2, 0.25) is 11.8 Å². The maximum atomic E-state index is 13.3. The molecular weight excluding hydrogens is 654 g/mol. The van der Waals surface area contributed by atoms with Crippen LogP contribution in [0.1, 0.15) is 87.4 Å². The monoisotopic (exact) mass is 690 g/mol. The number of carbonyl (C=O) groups is 2. The number of aryl methyl sites for hydroxylation is 1. The van der Waals surface area contributed by atoms with Crippen LogP contribution in [0.2, 0.25) is 5.15 Å². The Labute approximate surface area is 272 Å². The highest BCUT2D eigenvalue weighted by atomic mass is 35.5. The van der Waals surface area contributed by atoms with E-state index in [2.05, 4.69) is 20.5 Å². The molecule has 0 radical (unpaired) electrons. The fraction of sp³-hybridized carbons (Fsp3) is 0.633. The zero-order chi connectivity index (χ0) is 34.1. The Hall–Kier alpha value is -3.56. The van der Waals surface area contributed by atoms with Gasteiger partial charge in [-0.15, -0.1) is 0 Å². The molecule has 2 unspecified atom stereocenters. The van der Waals surface area contributed by atoms with E-state index in [0.29, 0.717) is 44.7 Å². The zero-order valence-electron chi connectivity index (χ0n) is 26.1. The standard InChI is InChI=1S/C15H16ClF3N4O.C15H21F3N4O/c1-2-3-9-6-13(24)22(7-9)8-10-14(15(17,18)19)20-12-5-4-11(16)21-23(10)12;1-2-4-10-7-13(23)21(8-10)9-11-14(15(16,17)18)20-12-5-3-6-19-22(11)12/h4-5,9H,2-3,6-8H2,1H3;10,19H,2-9H2,1H3. The topological polar surface area (TPSA) is 101 Å². The van der Waals surface area contributed by atoms with Crippen molar-refractivity contribution in [1.29, 1.82) is 0 Å². The van der Waals surface area contributed by atoms with Crippen molar-refractivity contribution in [2.45, 2.75) is 90.7 Å². The summed E-state index contributed by atoms with van der Waals surface area (Å²) in [4.78, 5) is 34.6. The molecule has 6 rings (SSSR count).